The number of hydrogen-bond acceptors (Lipinski definition) is 7. The number of alkyl carbamates (subject to hydrolysis) is 1. The molecule has 0 aliphatic carbocycles. The summed E-state index contributed by atoms with van der Waals surface area (Å²) in [5.41, 5.74) is 0.215. The molecule has 0 saturated carbocycles. The molecule has 2 amide bonds. The standard InChI is InChI=1S/C25H32N4O7/c1-25(2,3)36-24(34)29-23(26-15-9-5-8-12-20(30)31)28-21(32)18-13-14-19(27-18)22(33)35-16-17-10-6-4-7-11-17/h4,6-7,10-11,13-14,27H,5,8-9,12,15-16H2,1-3H3,(H,30,31)(H2,26,28,29,32,34). The molecular weight excluding hydrogens is 468 g/mol. The van der Waals surface area contributed by atoms with Crippen molar-refractivity contribution >= 4 is 29.9 Å². The van der Waals surface area contributed by atoms with Gasteiger partial charge in [0, 0.05) is 13.0 Å². The van der Waals surface area contributed by atoms with Crippen LogP contribution in [0.2, 0.25) is 0 Å². The molecule has 0 fully saturated rings. The van der Waals surface area contributed by atoms with Crippen LogP contribution in [0.4, 0.5) is 4.79 Å². The fourth-order valence-corrected chi connectivity index (χ4v) is 2.89. The Kier molecular flexibility index (Phi) is 10.7. The van der Waals surface area contributed by atoms with E-state index in [1.165, 1.54) is 12.1 Å². The number of benzene rings is 1. The van der Waals surface area contributed by atoms with Gasteiger partial charge in [0.05, 0.1) is 0 Å². The number of aromatic amines is 1. The molecular formula is C25H32N4O7. The topological polar surface area (TPSA) is 159 Å². The molecule has 36 heavy (non-hydrogen) atoms. The molecule has 2 aromatic rings. The first kappa shape index (κ1) is 28.1. The lowest BCUT2D eigenvalue weighted by atomic mass is 10.2. The first-order valence-electron chi connectivity index (χ1n) is 11.5. The summed E-state index contributed by atoms with van der Waals surface area (Å²) in [6.07, 6.45) is 0.936. The van der Waals surface area contributed by atoms with Crippen LogP contribution < -0.4 is 10.6 Å². The maximum absolute atomic E-state index is 12.7. The number of rotatable bonds is 10. The Hall–Kier alpha value is -4.15. The largest absolute Gasteiger partial charge is 0.481 e. The van der Waals surface area contributed by atoms with Gasteiger partial charge in [-0.05, 0) is 51.3 Å². The molecule has 11 heteroatoms. The zero-order valence-electron chi connectivity index (χ0n) is 20.6. The van der Waals surface area contributed by atoms with E-state index in [0.29, 0.717) is 19.3 Å². The second-order valence-corrected chi connectivity index (χ2v) is 8.86. The van der Waals surface area contributed by atoms with Crippen LogP contribution in [-0.4, -0.2) is 52.1 Å². The third-order valence-electron chi connectivity index (χ3n) is 4.53. The van der Waals surface area contributed by atoms with E-state index in [2.05, 4.69) is 20.6 Å². The van der Waals surface area contributed by atoms with Gasteiger partial charge in [-0.3, -0.25) is 25.2 Å². The highest BCUT2D eigenvalue weighted by Crippen LogP contribution is 2.08. The van der Waals surface area contributed by atoms with Crippen LogP contribution in [0.3, 0.4) is 0 Å². The summed E-state index contributed by atoms with van der Waals surface area (Å²) in [6, 6.07) is 12.0. The lowest BCUT2D eigenvalue weighted by Crippen LogP contribution is -2.46. The molecule has 1 aromatic carbocycles. The zero-order chi connectivity index (χ0) is 26.6. The summed E-state index contributed by atoms with van der Waals surface area (Å²) in [7, 11) is 0. The van der Waals surface area contributed by atoms with Crippen LogP contribution in [-0.2, 0) is 20.9 Å². The fourth-order valence-electron chi connectivity index (χ4n) is 2.89. The Morgan fingerprint density at radius 2 is 1.64 bits per heavy atom. The van der Waals surface area contributed by atoms with Crippen LogP contribution >= 0.6 is 0 Å². The number of aromatic nitrogens is 1. The number of carboxylic acid groups (broad SMARTS) is 1. The number of guanidine groups is 1. The van der Waals surface area contributed by atoms with E-state index >= 15 is 0 Å². The van der Waals surface area contributed by atoms with Crippen molar-refractivity contribution in [2.24, 2.45) is 4.99 Å². The molecule has 0 spiro atoms. The van der Waals surface area contributed by atoms with Gasteiger partial charge in [0.15, 0.2) is 0 Å². The van der Waals surface area contributed by atoms with Crippen molar-refractivity contribution in [1.82, 2.24) is 15.6 Å². The number of carbonyl (C=O) groups is 4. The van der Waals surface area contributed by atoms with Crippen LogP contribution in [0.15, 0.2) is 47.5 Å². The maximum atomic E-state index is 12.7. The highest BCUT2D eigenvalue weighted by molar-refractivity contribution is 6.08. The number of esters is 1. The van der Waals surface area contributed by atoms with Crippen LogP contribution in [0.1, 0.15) is 73.0 Å². The fraction of sp³-hybridized carbons (Fsp3) is 0.400. The zero-order valence-corrected chi connectivity index (χ0v) is 20.6. The molecule has 0 radical (unpaired) electrons. The predicted octanol–water partition coefficient (Wildman–Crippen LogP) is 3.63. The molecule has 0 atom stereocenters. The van der Waals surface area contributed by atoms with Gasteiger partial charge in [-0.1, -0.05) is 36.8 Å². The smallest absolute Gasteiger partial charge is 0.414 e. The molecule has 2 rings (SSSR count). The van der Waals surface area contributed by atoms with Gasteiger partial charge in [-0.15, -0.1) is 0 Å². The number of carboxylic acids is 1. The van der Waals surface area contributed by atoms with Gasteiger partial charge in [-0.2, -0.15) is 0 Å². The number of ether oxygens (including phenoxy) is 2. The summed E-state index contributed by atoms with van der Waals surface area (Å²) < 4.78 is 10.5. The Bertz CT molecular complexity index is 1070. The third-order valence-corrected chi connectivity index (χ3v) is 4.53. The van der Waals surface area contributed by atoms with E-state index in [1.54, 1.807) is 20.8 Å². The highest BCUT2D eigenvalue weighted by Gasteiger charge is 2.20. The van der Waals surface area contributed by atoms with Gasteiger partial charge in [-0.25, -0.2) is 9.59 Å². The second kappa shape index (κ2) is 13.7. The van der Waals surface area contributed by atoms with Gasteiger partial charge in [0.1, 0.15) is 23.6 Å². The van der Waals surface area contributed by atoms with Crippen molar-refractivity contribution in [3.63, 3.8) is 0 Å². The summed E-state index contributed by atoms with van der Waals surface area (Å²) in [6.45, 7) is 5.42. The lowest BCUT2D eigenvalue weighted by Gasteiger charge is -2.20. The summed E-state index contributed by atoms with van der Waals surface area (Å²) in [5, 5.41) is 13.6. The molecule has 4 N–H and O–H groups in total. The van der Waals surface area contributed by atoms with Crippen molar-refractivity contribution < 1.29 is 33.8 Å². The Morgan fingerprint density at radius 1 is 0.944 bits per heavy atom. The van der Waals surface area contributed by atoms with Crippen molar-refractivity contribution in [3.05, 3.63) is 59.4 Å². The maximum Gasteiger partial charge on any atom is 0.414 e. The average molecular weight is 501 g/mol. The number of H-pyrrole nitrogens is 1. The molecule has 0 saturated heterocycles. The minimum atomic E-state index is -0.868. The molecule has 1 aromatic heterocycles. The number of aliphatic carboxylic acids is 1. The number of carbonyl (C=O) groups excluding carboxylic acids is 3. The minimum absolute atomic E-state index is 0.0572. The molecule has 0 bridgehead atoms. The Morgan fingerprint density at radius 3 is 2.31 bits per heavy atom. The van der Waals surface area contributed by atoms with Crippen molar-refractivity contribution in [2.45, 2.75) is 58.7 Å². The van der Waals surface area contributed by atoms with E-state index in [-0.39, 0.29) is 36.9 Å². The first-order valence-corrected chi connectivity index (χ1v) is 11.5. The predicted molar refractivity (Wildman–Crippen MR) is 132 cm³/mol. The van der Waals surface area contributed by atoms with E-state index < -0.39 is 29.5 Å². The van der Waals surface area contributed by atoms with Crippen molar-refractivity contribution in [2.75, 3.05) is 6.54 Å². The normalized spacial score (nSPS) is 11.5. The highest BCUT2D eigenvalue weighted by atomic mass is 16.6. The van der Waals surface area contributed by atoms with Crippen LogP contribution in [0.5, 0.6) is 0 Å². The number of hydrogen-bond donors (Lipinski definition) is 4. The molecule has 0 aliphatic rings. The summed E-state index contributed by atoms with van der Waals surface area (Å²) >= 11 is 0. The van der Waals surface area contributed by atoms with Crippen molar-refractivity contribution in [3.8, 4) is 0 Å². The van der Waals surface area contributed by atoms with E-state index in [9.17, 15) is 19.2 Å². The second-order valence-electron chi connectivity index (χ2n) is 8.86. The van der Waals surface area contributed by atoms with Crippen LogP contribution in [0, 0.1) is 0 Å². The SMILES string of the molecule is CC(C)(C)OC(=O)NC(=NCCCCCC(=O)O)NC(=O)c1ccc(C(=O)OCc2ccccc2)[nH]1. The summed E-state index contributed by atoms with van der Waals surface area (Å²) in [5.74, 6) is -2.26. The minimum Gasteiger partial charge on any atom is -0.481 e. The van der Waals surface area contributed by atoms with Crippen molar-refractivity contribution in [1.29, 1.82) is 0 Å². The first-order chi connectivity index (χ1) is 17.0. The van der Waals surface area contributed by atoms with Gasteiger partial charge in [0.2, 0.25) is 5.96 Å². The van der Waals surface area contributed by atoms with E-state index in [4.69, 9.17) is 14.6 Å². The number of unbranched alkanes of at least 4 members (excludes halogenated alkanes) is 2. The van der Waals surface area contributed by atoms with Crippen LogP contribution in [0.25, 0.3) is 0 Å². The quantitative estimate of drug-likeness (QED) is 0.168. The van der Waals surface area contributed by atoms with E-state index in [0.717, 1.165) is 5.56 Å². The number of nitrogens with zero attached hydrogens (tertiary/aromatic N) is 1. The van der Waals surface area contributed by atoms with Gasteiger partial charge < -0.3 is 19.6 Å². The third kappa shape index (κ3) is 10.9. The average Bonchev–Trinajstić information content (AvgIpc) is 3.29. The number of aliphatic imine (C=N–C) groups is 1. The van der Waals surface area contributed by atoms with E-state index in [1.807, 2.05) is 30.3 Å². The molecule has 194 valence electrons. The molecule has 1 heterocycles. The Labute approximate surface area is 209 Å². The lowest BCUT2D eigenvalue weighted by molar-refractivity contribution is -0.137. The van der Waals surface area contributed by atoms with Gasteiger partial charge >= 0.3 is 18.0 Å². The number of nitrogens with one attached hydrogen (secondary N) is 3. The molecule has 0 unspecified atom stereocenters. The summed E-state index contributed by atoms with van der Waals surface area (Å²) in [4.78, 5) is 54.7. The van der Waals surface area contributed by atoms with Gasteiger partial charge in [0.25, 0.3) is 5.91 Å². The monoisotopic (exact) mass is 500 g/mol. The number of amides is 2. The Balaban J connectivity index is 1.98. The molecule has 0 aliphatic heterocycles. The molecule has 11 nitrogen and oxygen atoms in total.